The highest BCUT2D eigenvalue weighted by atomic mass is 16.5. The van der Waals surface area contributed by atoms with Crippen LogP contribution in [-0.2, 0) is 22.5 Å². The molecule has 0 unspecified atom stereocenters. The number of hydrogen-bond donors (Lipinski definition) is 3. The number of carbonyl (C=O) groups is 1. The third kappa shape index (κ3) is 1.81. The summed E-state index contributed by atoms with van der Waals surface area (Å²) in [6.07, 6.45) is 0.454. The van der Waals surface area contributed by atoms with Gasteiger partial charge in [0.25, 0.3) is 0 Å². The lowest BCUT2D eigenvalue weighted by Crippen LogP contribution is -2.42. The van der Waals surface area contributed by atoms with Gasteiger partial charge in [0.1, 0.15) is 6.04 Å². The van der Waals surface area contributed by atoms with Crippen LogP contribution in [0, 0.1) is 0 Å². The molecule has 0 amide bonds. The smallest absolute Gasteiger partial charge is 0.323 e. The lowest BCUT2D eigenvalue weighted by atomic mass is 9.95. The van der Waals surface area contributed by atoms with Crippen LogP contribution in [-0.4, -0.2) is 29.3 Å². The second-order valence-electron chi connectivity index (χ2n) is 3.77. The van der Waals surface area contributed by atoms with Gasteiger partial charge in [-0.2, -0.15) is 0 Å². The Kier molecular flexibility index (Phi) is 2.70. The first-order valence-corrected chi connectivity index (χ1v) is 4.96. The number of phenolic OH excluding ortho intramolecular Hbond substituents is 2. The molecular formula is C11H13NO4. The van der Waals surface area contributed by atoms with Crippen molar-refractivity contribution in [1.29, 1.82) is 0 Å². The standard InChI is InChI=1S/C11H13NO4/c1-16-11(15)8-2-6-3-9(13)10(14)4-7(6)5-12-8/h3-4,8,12-14H,2,5H2,1H3/t8-/m1/s1. The third-order valence-electron chi connectivity index (χ3n) is 2.75. The predicted molar refractivity (Wildman–Crippen MR) is 56.1 cm³/mol. The fourth-order valence-corrected chi connectivity index (χ4v) is 1.85. The number of benzene rings is 1. The first-order chi connectivity index (χ1) is 7.61. The van der Waals surface area contributed by atoms with Gasteiger partial charge in [-0.1, -0.05) is 0 Å². The average Bonchev–Trinajstić information content (AvgIpc) is 2.29. The molecule has 0 bridgehead atoms. The number of aromatic hydroxyl groups is 2. The Balaban J connectivity index is 2.27. The topological polar surface area (TPSA) is 78.8 Å². The molecule has 0 fully saturated rings. The van der Waals surface area contributed by atoms with Crippen LogP contribution in [0.15, 0.2) is 12.1 Å². The summed E-state index contributed by atoms with van der Waals surface area (Å²) in [5, 5.41) is 21.7. The number of fused-ring (bicyclic) bond motifs is 1. The highest BCUT2D eigenvalue weighted by molar-refractivity contribution is 5.76. The van der Waals surface area contributed by atoms with E-state index < -0.39 is 0 Å². The first kappa shape index (κ1) is 10.8. The summed E-state index contributed by atoms with van der Waals surface area (Å²) in [6.45, 7) is 0.475. The molecule has 1 atom stereocenters. The quantitative estimate of drug-likeness (QED) is 0.471. The van der Waals surface area contributed by atoms with Crippen LogP contribution in [0.3, 0.4) is 0 Å². The highest BCUT2D eigenvalue weighted by Crippen LogP contribution is 2.30. The average molecular weight is 223 g/mol. The minimum Gasteiger partial charge on any atom is -0.504 e. The number of ether oxygens (including phenoxy) is 1. The molecule has 0 radical (unpaired) electrons. The minimum absolute atomic E-state index is 0.142. The van der Waals surface area contributed by atoms with Gasteiger partial charge in [-0.05, 0) is 29.7 Å². The van der Waals surface area contributed by atoms with Gasteiger partial charge in [-0.15, -0.1) is 0 Å². The zero-order valence-electron chi connectivity index (χ0n) is 8.86. The number of hydrogen-bond acceptors (Lipinski definition) is 5. The summed E-state index contributed by atoms with van der Waals surface area (Å²) in [7, 11) is 1.34. The van der Waals surface area contributed by atoms with Crippen LogP contribution >= 0.6 is 0 Å². The number of methoxy groups -OCH3 is 1. The van der Waals surface area contributed by atoms with Crippen LogP contribution < -0.4 is 5.32 Å². The van der Waals surface area contributed by atoms with Gasteiger partial charge in [0.05, 0.1) is 7.11 Å². The molecular weight excluding hydrogens is 210 g/mol. The monoisotopic (exact) mass is 223 g/mol. The fraction of sp³-hybridized carbons (Fsp3) is 0.364. The largest absolute Gasteiger partial charge is 0.504 e. The van der Waals surface area contributed by atoms with Crippen LogP contribution in [0.1, 0.15) is 11.1 Å². The number of rotatable bonds is 1. The van der Waals surface area contributed by atoms with E-state index in [4.69, 9.17) is 0 Å². The van der Waals surface area contributed by atoms with E-state index in [0.29, 0.717) is 13.0 Å². The van der Waals surface area contributed by atoms with Gasteiger partial charge in [-0.25, -0.2) is 0 Å². The van der Waals surface area contributed by atoms with E-state index in [0.717, 1.165) is 11.1 Å². The molecule has 0 saturated carbocycles. The van der Waals surface area contributed by atoms with E-state index >= 15 is 0 Å². The van der Waals surface area contributed by atoms with Crippen molar-refractivity contribution in [3.05, 3.63) is 23.3 Å². The highest BCUT2D eigenvalue weighted by Gasteiger charge is 2.25. The summed E-state index contributed by atoms with van der Waals surface area (Å²) in [4.78, 5) is 11.3. The van der Waals surface area contributed by atoms with E-state index in [1.807, 2.05) is 0 Å². The third-order valence-corrected chi connectivity index (χ3v) is 2.75. The molecule has 5 nitrogen and oxygen atoms in total. The minimum atomic E-state index is -0.388. The molecule has 5 heteroatoms. The zero-order valence-corrected chi connectivity index (χ0v) is 8.86. The van der Waals surface area contributed by atoms with Crippen molar-refractivity contribution >= 4 is 5.97 Å². The van der Waals surface area contributed by atoms with Gasteiger partial charge >= 0.3 is 5.97 Å². The van der Waals surface area contributed by atoms with Crippen LogP contribution in [0.5, 0.6) is 11.5 Å². The lowest BCUT2D eigenvalue weighted by molar-refractivity contribution is -0.143. The Morgan fingerprint density at radius 3 is 2.62 bits per heavy atom. The Labute approximate surface area is 92.7 Å². The Morgan fingerprint density at radius 1 is 1.38 bits per heavy atom. The van der Waals surface area contributed by atoms with Gasteiger partial charge in [-0.3, -0.25) is 4.79 Å². The van der Waals surface area contributed by atoms with Crippen molar-refractivity contribution in [2.75, 3.05) is 7.11 Å². The second-order valence-corrected chi connectivity index (χ2v) is 3.77. The number of esters is 1. The molecule has 0 spiro atoms. The fourth-order valence-electron chi connectivity index (χ4n) is 1.85. The Morgan fingerprint density at radius 2 is 2.00 bits per heavy atom. The predicted octanol–water partition coefficient (Wildman–Crippen LogP) is 0.285. The normalized spacial score (nSPS) is 18.9. The van der Waals surface area contributed by atoms with E-state index in [1.165, 1.54) is 19.2 Å². The zero-order chi connectivity index (χ0) is 11.7. The van der Waals surface area contributed by atoms with Crippen molar-refractivity contribution in [2.45, 2.75) is 19.0 Å². The van der Waals surface area contributed by atoms with E-state index in [-0.39, 0.29) is 23.5 Å². The first-order valence-electron chi connectivity index (χ1n) is 4.96. The molecule has 1 aliphatic rings. The molecule has 1 heterocycles. The maximum Gasteiger partial charge on any atom is 0.323 e. The molecule has 3 N–H and O–H groups in total. The van der Waals surface area contributed by atoms with Gasteiger partial charge < -0.3 is 20.3 Å². The molecule has 2 rings (SSSR count). The molecule has 0 aromatic heterocycles. The molecule has 86 valence electrons. The lowest BCUT2D eigenvalue weighted by Gasteiger charge is -2.24. The van der Waals surface area contributed by atoms with Crippen LogP contribution in [0.2, 0.25) is 0 Å². The number of nitrogens with one attached hydrogen (secondary N) is 1. The van der Waals surface area contributed by atoms with Crippen molar-refractivity contribution in [3.63, 3.8) is 0 Å². The van der Waals surface area contributed by atoms with Crippen LogP contribution in [0.4, 0.5) is 0 Å². The summed E-state index contributed by atoms with van der Waals surface area (Å²) < 4.78 is 4.65. The summed E-state index contributed by atoms with van der Waals surface area (Å²) in [5.41, 5.74) is 1.74. The Bertz CT molecular complexity index is 430. The molecule has 0 saturated heterocycles. The van der Waals surface area contributed by atoms with E-state index in [1.54, 1.807) is 0 Å². The summed E-state index contributed by atoms with van der Waals surface area (Å²) in [6, 6.07) is 2.61. The SMILES string of the molecule is COC(=O)[C@H]1Cc2cc(O)c(O)cc2CN1. The molecule has 0 aliphatic carbocycles. The van der Waals surface area contributed by atoms with Crippen LogP contribution in [0.25, 0.3) is 0 Å². The summed E-state index contributed by atoms with van der Waals surface area (Å²) in [5.74, 6) is -0.625. The number of phenols is 2. The van der Waals surface area contributed by atoms with E-state index in [2.05, 4.69) is 10.1 Å². The van der Waals surface area contributed by atoms with Crippen molar-refractivity contribution in [1.82, 2.24) is 5.32 Å². The van der Waals surface area contributed by atoms with Crippen molar-refractivity contribution in [2.24, 2.45) is 0 Å². The molecule has 16 heavy (non-hydrogen) atoms. The molecule has 1 aromatic carbocycles. The van der Waals surface area contributed by atoms with Crippen molar-refractivity contribution < 1.29 is 19.7 Å². The Hall–Kier alpha value is -1.75. The van der Waals surface area contributed by atoms with E-state index in [9.17, 15) is 15.0 Å². The molecule has 1 aromatic rings. The van der Waals surface area contributed by atoms with Crippen molar-refractivity contribution in [3.8, 4) is 11.5 Å². The second kappa shape index (κ2) is 4.02. The maximum absolute atomic E-state index is 11.3. The number of carbonyl (C=O) groups excluding carboxylic acids is 1. The van der Waals surface area contributed by atoms with Gasteiger partial charge in [0.2, 0.25) is 0 Å². The molecule has 1 aliphatic heterocycles. The maximum atomic E-state index is 11.3. The van der Waals surface area contributed by atoms with Gasteiger partial charge in [0.15, 0.2) is 11.5 Å². The van der Waals surface area contributed by atoms with Gasteiger partial charge in [0, 0.05) is 6.54 Å². The summed E-state index contributed by atoms with van der Waals surface area (Å²) >= 11 is 0.